The summed E-state index contributed by atoms with van der Waals surface area (Å²) in [5.41, 5.74) is 0. The first-order chi connectivity index (χ1) is 6.90. The predicted octanol–water partition coefficient (Wildman–Crippen LogP) is 2.04. The maximum atomic E-state index is 5.54. The molecule has 14 heavy (non-hydrogen) atoms. The Balaban J connectivity index is 1.81. The minimum atomic E-state index is 0.467. The van der Waals surface area contributed by atoms with E-state index in [0.29, 0.717) is 12.1 Å². The molecule has 82 valence electrons. The Kier molecular flexibility index (Phi) is 4.14. The highest BCUT2D eigenvalue weighted by Gasteiger charge is 2.27. The summed E-state index contributed by atoms with van der Waals surface area (Å²) in [6.45, 7) is 0. The van der Waals surface area contributed by atoms with Gasteiger partial charge in [-0.25, -0.2) is 0 Å². The molecule has 2 nitrogen and oxygen atoms in total. The van der Waals surface area contributed by atoms with Crippen molar-refractivity contribution < 1.29 is 4.74 Å². The standard InChI is InChI=1S/C11H21NOS/c1-13-11-5-3-2-4-10(11)12-9-6-7-14-8-9/h9-12H,2-8H2,1H3. The van der Waals surface area contributed by atoms with E-state index >= 15 is 0 Å². The van der Waals surface area contributed by atoms with Crippen LogP contribution in [0.25, 0.3) is 0 Å². The molecule has 0 spiro atoms. The maximum Gasteiger partial charge on any atom is 0.0724 e. The van der Waals surface area contributed by atoms with Crippen molar-refractivity contribution in [1.82, 2.24) is 5.32 Å². The monoisotopic (exact) mass is 215 g/mol. The highest BCUT2D eigenvalue weighted by atomic mass is 32.2. The van der Waals surface area contributed by atoms with Gasteiger partial charge >= 0.3 is 0 Å². The van der Waals surface area contributed by atoms with Crippen molar-refractivity contribution >= 4 is 11.8 Å². The van der Waals surface area contributed by atoms with Gasteiger partial charge in [-0.15, -0.1) is 0 Å². The van der Waals surface area contributed by atoms with Crippen LogP contribution in [0.2, 0.25) is 0 Å². The molecule has 0 amide bonds. The van der Waals surface area contributed by atoms with Gasteiger partial charge in [0.25, 0.3) is 0 Å². The molecule has 2 rings (SSSR count). The van der Waals surface area contributed by atoms with E-state index in [4.69, 9.17) is 4.74 Å². The van der Waals surface area contributed by atoms with E-state index in [2.05, 4.69) is 17.1 Å². The van der Waals surface area contributed by atoms with Crippen LogP contribution in [-0.4, -0.2) is 36.8 Å². The Labute approximate surface area is 91.2 Å². The van der Waals surface area contributed by atoms with Gasteiger partial charge in [0.15, 0.2) is 0 Å². The third kappa shape index (κ3) is 2.65. The second-order valence-electron chi connectivity index (χ2n) is 4.39. The molecule has 2 fully saturated rings. The van der Waals surface area contributed by atoms with Crippen molar-refractivity contribution in [2.75, 3.05) is 18.6 Å². The van der Waals surface area contributed by atoms with E-state index in [1.54, 1.807) is 0 Å². The first kappa shape index (κ1) is 10.8. The highest BCUT2D eigenvalue weighted by Crippen LogP contribution is 2.24. The fraction of sp³-hybridized carbons (Fsp3) is 1.00. The molecular weight excluding hydrogens is 194 g/mol. The summed E-state index contributed by atoms with van der Waals surface area (Å²) in [6, 6.07) is 1.37. The van der Waals surface area contributed by atoms with Crippen LogP contribution in [0.5, 0.6) is 0 Å². The molecule has 0 radical (unpaired) electrons. The zero-order valence-corrected chi connectivity index (χ0v) is 9.81. The largest absolute Gasteiger partial charge is 0.380 e. The zero-order valence-electron chi connectivity index (χ0n) is 9.00. The Morgan fingerprint density at radius 2 is 2.07 bits per heavy atom. The van der Waals surface area contributed by atoms with Crippen molar-refractivity contribution in [1.29, 1.82) is 0 Å². The summed E-state index contributed by atoms with van der Waals surface area (Å²) in [4.78, 5) is 0. The number of methoxy groups -OCH3 is 1. The van der Waals surface area contributed by atoms with Crippen LogP contribution < -0.4 is 5.32 Å². The van der Waals surface area contributed by atoms with Gasteiger partial charge in [-0.1, -0.05) is 12.8 Å². The van der Waals surface area contributed by atoms with Gasteiger partial charge in [-0.3, -0.25) is 0 Å². The SMILES string of the molecule is COC1CCCCC1NC1CCSC1. The molecule has 0 aromatic rings. The average Bonchev–Trinajstić information content (AvgIpc) is 2.71. The van der Waals surface area contributed by atoms with E-state index < -0.39 is 0 Å². The van der Waals surface area contributed by atoms with Gasteiger partial charge < -0.3 is 10.1 Å². The number of ether oxygens (including phenoxy) is 1. The number of nitrogens with one attached hydrogen (secondary N) is 1. The molecule has 0 aromatic heterocycles. The van der Waals surface area contributed by atoms with Crippen molar-refractivity contribution in [3.8, 4) is 0 Å². The van der Waals surface area contributed by atoms with E-state index in [1.807, 2.05) is 7.11 Å². The molecule has 1 aliphatic carbocycles. The quantitative estimate of drug-likeness (QED) is 0.778. The summed E-state index contributed by atoms with van der Waals surface area (Å²) < 4.78 is 5.54. The molecule has 1 N–H and O–H groups in total. The minimum absolute atomic E-state index is 0.467. The van der Waals surface area contributed by atoms with E-state index in [9.17, 15) is 0 Å². The molecule has 1 saturated carbocycles. The van der Waals surface area contributed by atoms with E-state index in [-0.39, 0.29) is 0 Å². The Morgan fingerprint density at radius 3 is 2.79 bits per heavy atom. The number of hydrogen-bond donors (Lipinski definition) is 1. The highest BCUT2D eigenvalue weighted by molar-refractivity contribution is 7.99. The Bertz CT molecular complexity index is 171. The van der Waals surface area contributed by atoms with Crippen LogP contribution in [0.4, 0.5) is 0 Å². The van der Waals surface area contributed by atoms with Crippen molar-refractivity contribution in [2.24, 2.45) is 0 Å². The first-order valence-electron chi connectivity index (χ1n) is 5.76. The minimum Gasteiger partial charge on any atom is -0.380 e. The van der Waals surface area contributed by atoms with E-state index in [1.165, 1.54) is 43.6 Å². The molecule has 3 unspecified atom stereocenters. The van der Waals surface area contributed by atoms with Crippen molar-refractivity contribution in [3.05, 3.63) is 0 Å². The fourth-order valence-corrected chi connectivity index (χ4v) is 3.70. The van der Waals surface area contributed by atoms with Gasteiger partial charge in [0.05, 0.1) is 6.10 Å². The van der Waals surface area contributed by atoms with Crippen LogP contribution in [0.15, 0.2) is 0 Å². The van der Waals surface area contributed by atoms with Crippen LogP contribution in [0.1, 0.15) is 32.1 Å². The smallest absolute Gasteiger partial charge is 0.0724 e. The molecule has 0 bridgehead atoms. The lowest BCUT2D eigenvalue weighted by Crippen LogP contribution is -2.47. The summed E-state index contributed by atoms with van der Waals surface area (Å²) in [6.07, 6.45) is 7.08. The maximum absolute atomic E-state index is 5.54. The van der Waals surface area contributed by atoms with E-state index in [0.717, 1.165) is 6.04 Å². The first-order valence-corrected chi connectivity index (χ1v) is 6.92. The number of rotatable bonds is 3. The lowest BCUT2D eigenvalue weighted by Gasteiger charge is -2.33. The number of thioether (sulfide) groups is 1. The molecule has 2 aliphatic rings. The summed E-state index contributed by atoms with van der Waals surface area (Å²) in [5, 5.41) is 3.77. The summed E-state index contributed by atoms with van der Waals surface area (Å²) >= 11 is 2.08. The lowest BCUT2D eigenvalue weighted by molar-refractivity contribution is 0.0387. The second-order valence-corrected chi connectivity index (χ2v) is 5.54. The molecule has 0 aromatic carbocycles. The fourth-order valence-electron chi connectivity index (χ4n) is 2.54. The van der Waals surface area contributed by atoms with Crippen molar-refractivity contribution in [3.63, 3.8) is 0 Å². The Hall–Kier alpha value is 0.270. The van der Waals surface area contributed by atoms with Gasteiger partial charge in [0.2, 0.25) is 0 Å². The zero-order chi connectivity index (χ0) is 9.80. The molecule has 1 aliphatic heterocycles. The van der Waals surface area contributed by atoms with Gasteiger partial charge in [-0.2, -0.15) is 11.8 Å². The van der Waals surface area contributed by atoms with Crippen LogP contribution in [0.3, 0.4) is 0 Å². The topological polar surface area (TPSA) is 21.3 Å². The van der Waals surface area contributed by atoms with Crippen LogP contribution in [0, 0.1) is 0 Å². The normalized spacial score (nSPS) is 38.8. The van der Waals surface area contributed by atoms with Crippen molar-refractivity contribution in [2.45, 2.75) is 50.3 Å². The molecular formula is C11H21NOS. The van der Waals surface area contributed by atoms with Gasteiger partial charge in [-0.05, 0) is 25.0 Å². The van der Waals surface area contributed by atoms with Crippen LogP contribution >= 0.6 is 11.8 Å². The van der Waals surface area contributed by atoms with Crippen LogP contribution in [-0.2, 0) is 4.74 Å². The Morgan fingerprint density at radius 1 is 1.21 bits per heavy atom. The third-order valence-electron chi connectivity index (χ3n) is 3.38. The molecule has 3 heteroatoms. The summed E-state index contributed by atoms with van der Waals surface area (Å²) in [5.74, 6) is 2.63. The third-order valence-corrected chi connectivity index (χ3v) is 4.55. The average molecular weight is 215 g/mol. The molecule has 1 saturated heterocycles. The second kappa shape index (κ2) is 5.38. The van der Waals surface area contributed by atoms with Gasteiger partial charge in [0, 0.05) is 24.9 Å². The summed E-state index contributed by atoms with van der Waals surface area (Å²) in [7, 11) is 1.86. The molecule has 1 heterocycles. The lowest BCUT2D eigenvalue weighted by atomic mass is 9.92. The molecule has 3 atom stereocenters. The predicted molar refractivity (Wildman–Crippen MR) is 61.9 cm³/mol. The number of hydrogen-bond acceptors (Lipinski definition) is 3. The van der Waals surface area contributed by atoms with Gasteiger partial charge in [0.1, 0.15) is 0 Å².